The van der Waals surface area contributed by atoms with E-state index in [0.29, 0.717) is 21.2 Å². The van der Waals surface area contributed by atoms with Crippen LogP contribution in [0, 0.1) is 11.3 Å². The summed E-state index contributed by atoms with van der Waals surface area (Å²) in [5.41, 5.74) is 0.861. The Bertz CT molecular complexity index is 674. The highest BCUT2D eigenvalue weighted by Gasteiger charge is 2.13. The fourth-order valence-electron chi connectivity index (χ4n) is 1.33. The number of nitrogens with zero attached hydrogens (tertiary/aromatic N) is 1. The van der Waals surface area contributed by atoms with E-state index in [-0.39, 0.29) is 5.91 Å². The lowest BCUT2D eigenvalue weighted by molar-refractivity contribution is 0.103. The molecule has 0 radical (unpaired) electrons. The lowest BCUT2D eigenvalue weighted by Gasteiger charge is -2.06. The minimum atomic E-state index is -0.270. The Balaban J connectivity index is 2.26. The lowest BCUT2D eigenvalue weighted by atomic mass is 10.2. The van der Waals surface area contributed by atoms with Crippen molar-refractivity contribution in [1.82, 2.24) is 0 Å². The second-order valence-corrected chi connectivity index (χ2v) is 7.12. The largest absolute Gasteiger partial charge is 0.320 e. The topological polar surface area (TPSA) is 52.9 Å². The summed E-state index contributed by atoms with van der Waals surface area (Å²) in [5.74, 6) is -0.270. The first-order valence-corrected chi connectivity index (χ1v) is 7.75. The number of rotatable bonds is 2. The van der Waals surface area contributed by atoms with Gasteiger partial charge in [-0.3, -0.25) is 4.79 Å². The van der Waals surface area contributed by atoms with Gasteiger partial charge in [-0.2, -0.15) is 5.26 Å². The van der Waals surface area contributed by atoms with Crippen LogP contribution in [-0.2, 0) is 0 Å². The number of amides is 1. The van der Waals surface area contributed by atoms with E-state index in [4.69, 9.17) is 16.9 Å². The van der Waals surface area contributed by atoms with Crippen LogP contribution in [0.25, 0.3) is 0 Å². The van der Waals surface area contributed by atoms with Crippen molar-refractivity contribution >= 4 is 66.4 Å². The molecule has 0 spiro atoms. The maximum Gasteiger partial charge on any atom is 0.265 e. The molecule has 2 rings (SSSR count). The molecule has 0 aliphatic rings. The first-order valence-electron chi connectivity index (χ1n) is 4.97. The van der Waals surface area contributed by atoms with Crippen molar-refractivity contribution < 1.29 is 4.79 Å². The molecule has 0 fully saturated rings. The van der Waals surface area contributed by atoms with E-state index in [0.717, 1.165) is 8.26 Å². The maximum atomic E-state index is 12.0. The van der Waals surface area contributed by atoms with Crippen molar-refractivity contribution in [1.29, 1.82) is 5.26 Å². The van der Waals surface area contributed by atoms with Gasteiger partial charge in [0, 0.05) is 4.47 Å². The Morgan fingerprint density at radius 2 is 2.11 bits per heavy atom. The first-order chi connectivity index (χ1) is 9.01. The van der Waals surface area contributed by atoms with E-state index in [1.165, 1.54) is 17.4 Å². The maximum absolute atomic E-state index is 12.0. The van der Waals surface area contributed by atoms with Gasteiger partial charge in [0.15, 0.2) is 0 Å². The molecule has 0 saturated carbocycles. The number of nitrogens with one attached hydrogen (secondary N) is 1. The summed E-state index contributed by atoms with van der Waals surface area (Å²) < 4.78 is 1.66. The fraction of sp³-hybridized carbons (Fsp3) is 0. The standard InChI is InChI=1S/C12H5Br2ClN2OS/c13-7-4-10(19-11(7)14)12(18)17-9-3-6(5-16)1-2-8(9)15/h1-4H,(H,17,18). The number of nitriles is 1. The van der Waals surface area contributed by atoms with Crippen LogP contribution >= 0.6 is 54.8 Å². The molecule has 0 atom stereocenters. The number of hydrogen-bond acceptors (Lipinski definition) is 3. The molecular weight excluding hydrogens is 415 g/mol. The van der Waals surface area contributed by atoms with Crippen LogP contribution in [-0.4, -0.2) is 5.91 Å². The molecule has 1 heterocycles. The van der Waals surface area contributed by atoms with Gasteiger partial charge in [-0.25, -0.2) is 0 Å². The lowest BCUT2D eigenvalue weighted by Crippen LogP contribution is -2.10. The monoisotopic (exact) mass is 418 g/mol. The summed E-state index contributed by atoms with van der Waals surface area (Å²) in [7, 11) is 0. The van der Waals surface area contributed by atoms with Crippen molar-refractivity contribution in [3.8, 4) is 6.07 Å². The molecular formula is C12H5Br2ClN2OS. The molecule has 1 amide bonds. The van der Waals surface area contributed by atoms with Gasteiger partial charge in [-0.15, -0.1) is 11.3 Å². The van der Waals surface area contributed by atoms with Crippen LogP contribution in [0.15, 0.2) is 32.5 Å². The Kier molecular flexibility index (Phi) is 4.63. The molecule has 19 heavy (non-hydrogen) atoms. The van der Waals surface area contributed by atoms with Gasteiger partial charge in [0.2, 0.25) is 0 Å². The second kappa shape index (κ2) is 6.06. The zero-order valence-corrected chi connectivity index (χ0v) is 14.0. The SMILES string of the molecule is N#Cc1ccc(Cl)c(NC(=O)c2cc(Br)c(Br)s2)c1. The minimum absolute atomic E-state index is 0.270. The molecule has 0 aliphatic heterocycles. The average Bonchev–Trinajstić information content (AvgIpc) is 2.72. The quantitative estimate of drug-likeness (QED) is 0.739. The van der Waals surface area contributed by atoms with Gasteiger partial charge in [0.05, 0.1) is 31.0 Å². The van der Waals surface area contributed by atoms with Gasteiger partial charge in [-0.1, -0.05) is 11.6 Å². The smallest absolute Gasteiger partial charge is 0.265 e. The van der Waals surface area contributed by atoms with Crippen LogP contribution in [0.2, 0.25) is 5.02 Å². The molecule has 0 unspecified atom stereocenters. The molecule has 1 aromatic carbocycles. The van der Waals surface area contributed by atoms with Crippen LogP contribution in [0.5, 0.6) is 0 Å². The van der Waals surface area contributed by atoms with Crippen molar-refractivity contribution in [2.75, 3.05) is 5.32 Å². The molecule has 96 valence electrons. The van der Waals surface area contributed by atoms with Crippen molar-refractivity contribution in [3.05, 3.63) is 48.0 Å². The van der Waals surface area contributed by atoms with E-state index in [2.05, 4.69) is 37.2 Å². The van der Waals surface area contributed by atoms with E-state index >= 15 is 0 Å². The van der Waals surface area contributed by atoms with Gasteiger partial charge in [0.1, 0.15) is 0 Å². The van der Waals surface area contributed by atoms with Gasteiger partial charge in [-0.05, 0) is 56.1 Å². The van der Waals surface area contributed by atoms with Gasteiger partial charge in [0.25, 0.3) is 5.91 Å². The van der Waals surface area contributed by atoms with E-state index in [9.17, 15) is 4.79 Å². The number of anilines is 1. The zero-order valence-electron chi connectivity index (χ0n) is 9.21. The fourth-order valence-corrected chi connectivity index (χ4v) is 3.43. The molecule has 1 N–H and O–H groups in total. The number of halogens is 3. The molecule has 0 saturated heterocycles. The van der Waals surface area contributed by atoms with Gasteiger partial charge < -0.3 is 5.32 Å². The van der Waals surface area contributed by atoms with Crippen molar-refractivity contribution in [3.63, 3.8) is 0 Å². The van der Waals surface area contributed by atoms with Crippen molar-refractivity contribution in [2.45, 2.75) is 0 Å². The van der Waals surface area contributed by atoms with Crippen LogP contribution in [0.1, 0.15) is 15.2 Å². The normalized spacial score (nSPS) is 10.0. The third-order valence-corrected chi connectivity index (χ3v) is 5.80. The summed E-state index contributed by atoms with van der Waals surface area (Å²) in [6, 6.07) is 8.43. The third-order valence-electron chi connectivity index (χ3n) is 2.21. The number of thiophene rings is 1. The first kappa shape index (κ1) is 14.5. The number of benzene rings is 1. The Labute approximate surface area is 135 Å². The second-order valence-electron chi connectivity index (χ2n) is 3.49. The van der Waals surface area contributed by atoms with Crippen molar-refractivity contribution in [2.24, 2.45) is 0 Å². The molecule has 0 aliphatic carbocycles. The average molecular weight is 421 g/mol. The Morgan fingerprint density at radius 3 is 2.68 bits per heavy atom. The molecule has 7 heteroatoms. The summed E-state index contributed by atoms with van der Waals surface area (Å²) in [4.78, 5) is 12.6. The zero-order chi connectivity index (χ0) is 14.0. The van der Waals surface area contributed by atoms with Crippen LogP contribution in [0.3, 0.4) is 0 Å². The summed E-state index contributed by atoms with van der Waals surface area (Å²) in [6.07, 6.45) is 0. The summed E-state index contributed by atoms with van der Waals surface area (Å²) in [5, 5.41) is 11.9. The third kappa shape index (κ3) is 3.37. The van der Waals surface area contributed by atoms with E-state index in [1.54, 1.807) is 18.2 Å². The predicted molar refractivity (Wildman–Crippen MR) is 83.8 cm³/mol. The summed E-state index contributed by atoms with van der Waals surface area (Å²) in [6.45, 7) is 0. The van der Waals surface area contributed by atoms with E-state index in [1.807, 2.05) is 6.07 Å². The van der Waals surface area contributed by atoms with Crippen LogP contribution < -0.4 is 5.32 Å². The Morgan fingerprint density at radius 1 is 1.37 bits per heavy atom. The summed E-state index contributed by atoms with van der Waals surface area (Å²) >= 11 is 13.9. The molecule has 1 aromatic heterocycles. The number of carbonyl (C=O) groups is 1. The van der Waals surface area contributed by atoms with Gasteiger partial charge >= 0.3 is 0 Å². The molecule has 3 nitrogen and oxygen atoms in total. The number of hydrogen-bond donors (Lipinski definition) is 1. The predicted octanol–water partition coefficient (Wildman–Crippen LogP) is 5.05. The minimum Gasteiger partial charge on any atom is -0.320 e. The van der Waals surface area contributed by atoms with E-state index < -0.39 is 0 Å². The highest BCUT2D eigenvalue weighted by atomic mass is 79.9. The highest BCUT2D eigenvalue weighted by molar-refractivity contribution is 9.13. The highest BCUT2D eigenvalue weighted by Crippen LogP contribution is 2.33. The molecule has 0 bridgehead atoms. The van der Waals surface area contributed by atoms with Crippen LogP contribution in [0.4, 0.5) is 5.69 Å². The molecule has 2 aromatic rings. The number of carbonyl (C=O) groups excluding carboxylic acids is 1. The Hall–Kier alpha value is -0.870.